The highest BCUT2D eigenvalue weighted by atomic mass is 32.1. The molecule has 0 radical (unpaired) electrons. The number of amides is 1. The van der Waals surface area contributed by atoms with Crippen molar-refractivity contribution in [3.63, 3.8) is 0 Å². The lowest BCUT2D eigenvalue weighted by Crippen LogP contribution is -2.22. The molecule has 4 aromatic rings. The molecule has 0 bridgehead atoms. The summed E-state index contributed by atoms with van der Waals surface area (Å²) in [4.78, 5) is 33.8. The third-order valence-electron chi connectivity index (χ3n) is 4.49. The molecule has 6 nitrogen and oxygen atoms in total. The van der Waals surface area contributed by atoms with Gasteiger partial charge in [0, 0.05) is 0 Å². The molecule has 1 amide bonds. The number of nitrogens with zero attached hydrogens (tertiary/aromatic N) is 3. The number of esters is 1. The SMILES string of the molecule is COC(=O)Cn1c(=NC(=O)c2nc3ccccc3s2)sc2cc(C)c(C)cc21. The smallest absolute Gasteiger partial charge is 0.325 e. The van der Waals surface area contributed by atoms with Crippen LogP contribution in [0.3, 0.4) is 0 Å². The van der Waals surface area contributed by atoms with Crippen LogP contribution in [0.1, 0.15) is 20.9 Å². The number of methoxy groups -OCH3 is 1. The molecule has 0 saturated carbocycles. The highest BCUT2D eigenvalue weighted by molar-refractivity contribution is 7.20. The monoisotopic (exact) mass is 411 g/mol. The number of benzene rings is 2. The molecule has 0 atom stereocenters. The fraction of sp³-hybridized carbons (Fsp3) is 0.200. The van der Waals surface area contributed by atoms with Gasteiger partial charge in [0.25, 0.3) is 0 Å². The van der Waals surface area contributed by atoms with Crippen molar-refractivity contribution in [2.75, 3.05) is 7.11 Å². The largest absolute Gasteiger partial charge is 0.468 e. The fourth-order valence-corrected chi connectivity index (χ4v) is 4.81. The van der Waals surface area contributed by atoms with Gasteiger partial charge in [-0.15, -0.1) is 11.3 Å². The maximum absolute atomic E-state index is 12.8. The predicted octanol–water partition coefficient (Wildman–Crippen LogP) is 3.84. The van der Waals surface area contributed by atoms with Crippen molar-refractivity contribution >= 4 is 55.0 Å². The summed E-state index contributed by atoms with van der Waals surface area (Å²) < 4.78 is 8.44. The number of fused-ring (bicyclic) bond motifs is 2. The Hall–Kier alpha value is -2.84. The molecule has 0 saturated heterocycles. The molecule has 0 aliphatic rings. The van der Waals surface area contributed by atoms with Gasteiger partial charge in [0.1, 0.15) is 6.54 Å². The van der Waals surface area contributed by atoms with Gasteiger partial charge < -0.3 is 9.30 Å². The van der Waals surface area contributed by atoms with Crippen molar-refractivity contribution in [1.29, 1.82) is 0 Å². The second-order valence-corrected chi connectivity index (χ2v) is 8.39. The number of hydrogen-bond acceptors (Lipinski definition) is 6. The summed E-state index contributed by atoms with van der Waals surface area (Å²) in [5.41, 5.74) is 3.88. The Kier molecular flexibility index (Phi) is 4.82. The van der Waals surface area contributed by atoms with E-state index in [0.717, 1.165) is 31.6 Å². The van der Waals surface area contributed by atoms with E-state index in [0.29, 0.717) is 9.81 Å². The topological polar surface area (TPSA) is 73.6 Å². The standard InChI is InChI=1S/C20H17N3O3S2/c1-11-8-14-16(9-12(11)2)28-20(23(14)10-17(24)26-3)22-18(25)19-21-13-6-4-5-7-15(13)27-19/h4-9H,10H2,1-3H3. The first-order valence-electron chi connectivity index (χ1n) is 8.58. The van der Waals surface area contributed by atoms with Gasteiger partial charge in [-0.05, 0) is 49.2 Å². The van der Waals surface area contributed by atoms with Crippen LogP contribution in [-0.2, 0) is 16.1 Å². The van der Waals surface area contributed by atoms with Crippen LogP contribution in [0, 0.1) is 13.8 Å². The molecule has 0 aliphatic heterocycles. The average Bonchev–Trinajstić information content (AvgIpc) is 3.24. The van der Waals surface area contributed by atoms with Crippen LogP contribution >= 0.6 is 22.7 Å². The lowest BCUT2D eigenvalue weighted by Gasteiger charge is -2.05. The van der Waals surface area contributed by atoms with E-state index in [1.54, 1.807) is 4.57 Å². The van der Waals surface area contributed by atoms with Gasteiger partial charge in [-0.3, -0.25) is 9.59 Å². The predicted molar refractivity (Wildman–Crippen MR) is 111 cm³/mol. The van der Waals surface area contributed by atoms with E-state index in [-0.39, 0.29) is 6.54 Å². The fourth-order valence-electron chi connectivity index (χ4n) is 2.85. The third kappa shape index (κ3) is 3.36. The van der Waals surface area contributed by atoms with E-state index in [1.807, 2.05) is 50.2 Å². The number of thiazole rings is 2. The van der Waals surface area contributed by atoms with Crippen LogP contribution in [0.5, 0.6) is 0 Å². The summed E-state index contributed by atoms with van der Waals surface area (Å²) >= 11 is 2.68. The second kappa shape index (κ2) is 7.29. The minimum absolute atomic E-state index is 0.00897. The maximum Gasteiger partial charge on any atom is 0.325 e. The van der Waals surface area contributed by atoms with E-state index in [1.165, 1.54) is 29.8 Å². The Morgan fingerprint density at radius 2 is 1.86 bits per heavy atom. The zero-order valence-corrected chi connectivity index (χ0v) is 17.2. The summed E-state index contributed by atoms with van der Waals surface area (Å²) in [5, 5.41) is 0.329. The molecule has 4 rings (SSSR count). The van der Waals surface area contributed by atoms with E-state index in [2.05, 4.69) is 9.98 Å². The van der Waals surface area contributed by atoms with Crippen molar-refractivity contribution in [3.05, 3.63) is 57.3 Å². The van der Waals surface area contributed by atoms with E-state index >= 15 is 0 Å². The minimum Gasteiger partial charge on any atom is -0.468 e. The van der Waals surface area contributed by atoms with Gasteiger partial charge in [0.2, 0.25) is 0 Å². The van der Waals surface area contributed by atoms with Gasteiger partial charge in [0.05, 0.1) is 27.5 Å². The molecule has 2 aromatic carbocycles. The molecule has 8 heteroatoms. The lowest BCUT2D eigenvalue weighted by molar-refractivity contribution is -0.141. The maximum atomic E-state index is 12.8. The zero-order chi connectivity index (χ0) is 19.8. The molecule has 0 N–H and O–H groups in total. The number of ether oxygens (including phenoxy) is 1. The Labute approximate surface area is 168 Å². The lowest BCUT2D eigenvalue weighted by atomic mass is 10.1. The first-order valence-corrected chi connectivity index (χ1v) is 10.2. The number of carbonyl (C=O) groups is 2. The number of hydrogen-bond donors (Lipinski definition) is 0. The Morgan fingerprint density at radius 1 is 1.11 bits per heavy atom. The Morgan fingerprint density at radius 3 is 2.61 bits per heavy atom. The number of aryl methyl sites for hydroxylation is 2. The molecule has 0 spiro atoms. The Bertz CT molecular complexity index is 1260. The van der Waals surface area contributed by atoms with Gasteiger partial charge in [0.15, 0.2) is 9.81 Å². The molecular weight excluding hydrogens is 394 g/mol. The summed E-state index contributed by atoms with van der Waals surface area (Å²) in [7, 11) is 1.34. The molecule has 2 aromatic heterocycles. The van der Waals surface area contributed by atoms with Crippen molar-refractivity contribution < 1.29 is 14.3 Å². The van der Waals surface area contributed by atoms with E-state index < -0.39 is 11.9 Å². The highest BCUT2D eigenvalue weighted by Gasteiger charge is 2.15. The van der Waals surface area contributed by atoms with Crippen LogP contribution in [-0.4, -0.2) is 28.5 Å². The third-order valence-corrected chi connectivity index (χ3v) is 6.55. The molecule has 28 heavy (non-hydrogen) atoms. The second-order valence-electron chi connectivity index (χ2n) is 6.35. The molecule has 0 unspecified atom stereocenters. The minimum atomic E-state index is -0.417. The van der Waals surface area contributed by atoms with E-state index in [4.69, 9.17) is 4.74 Å². The van der Waals surface area contributed by atoms with Crippen LogP contribution in [0.2, 0.25) is 0 Å². The zero-order valence-electron chi connectivity index (χ0n) is 15.6. The summed E-state index contributed by atoms with van der Waals surface area (Å²) in [5.74, 6) is -0.813. The van der Waals surface area contributed by atoms with Crippen LogP contribution in [0.15, 0.2) is 41.4 Å². The average molecular weight is 412 g/mol. The number of rotatable bonds is 3. The summed E-state index contributed by atoms with van der Waals surface area (Å²) in [6, 6.07) is 11.6. The molecule has 0 aliphatic carbocycles. The number of para-hydroxylation sites is 1. The van der Waals surface area contributed by atoms with Crippen LogP contribution < -0.4 is 4.80 Å². The summed E-state index contributed by atoms with van der Waals surface area (Å²) in [6.07, 6.45) is 0. The van der Waals surface area contributed by atoms with Gasteiger partial charge in [-0.25, -0.2) is 4.98 Å². The van der Waals surface area contributed by atoms with Crippen molar-refractivity contribution in [1.82, 2.24) is 9.55 Å². The molecular formula is C20H17N3O3S2. The van der Waals surface area contributed by atoms with Crippen molar-refractivity contribution in [2.45, 2.75) is 20.4 Å². The molecule has 142 valence electrons. The highest BCUT2D eigenvalue weighted by Crippen LogP contribution is 2.24. The Balaban J connectivity index is 1.86. The van der Waals surface area contributed by atoms with Gasteiger partial charge >= 0.3 is 11.9 Å². The normalized spacial score (nSPS) is 12.0. The van der Waals surface area contributed by atoms with E-state index in [9.17, 15) is 9.59 Å². The van der Waals surface area contributed by atoms with Gasteiger partial charge in [-0.2, -0.15) is 4.99 Å². The number of carbonyl (C=O) groups excluding carboxylic acids is 2. The molecule has 0 fully saturated rings. The molecule has 2 heterocycles. The van der Waals surface area contributed by atoms with Crippen LogP contribution in [0.25, 0.3) is 20.4 Å². The quantitative estimate of drug-likeness (QED) is 0.480. The number of aromatic nitrogens is 2. The first-order chi connectivity index (χ1) is 13.5. The van der Waals surface area contributed by atoms with Crippen LogP contribution in [0.4, 0.5) is 0 Å². The van der Waals surface area contributed by atoms with Crippen molar-refractivity contribution in [3.8, 4) is 0 Å². The van der Waals surface area contributed by atoms with Crippen molar-refractivity contribution in [2.24, 2.45) is 4.99 Å². The first kappa shape index (κ1) is 18.5. The summed E-state index contributed by atoms with van der Waals surface area (Å²) in [6.45, 7) is 4.03. The van der Waals surface area contributed by atoms with Gasteiger partial charge in [-0.1, -0.05) is 23.5 Å².